The molecule has 0 aliphatic carbocycles. The third kappa shape index (κ3) is 6.34. The number of rotatable bonds is 8. The van der Waals surface area contributed by atoms with E-state index in [0.29, 0.717) is 13.2 Å². The van der Waals surface area contributed by atoms with Gasteiger partial charge in [0.15, 0.2) is 0 Å². The van der Waals surface area contributed by atoms with Gasteiger partial charge in [0.1, 0.15) is 11.6 Å². The number of carbonyl (C=O) groups is 1. The topological polar surface area (TPSA) is 41.6 Å². The highest BCUT2D eigenvalue weighted by molar-refractivity contribution is 5.78. The second kappa shape index (κ2) is 9.69. The molecule has 0 aromatic heterocycles. The summed E-state index contributed by atoms with van der Waals surface area (Å²) < 4.78 is 18.7. The van der Waals surface area contributed by atoms with E-state index < -0.39 is 0 Å². The number of nitrogens with one attached hydrogen (secondary N) is 1. The van der Waals surface area contributed by atoms with Gasteiger partial charge >= 0.3 is 0 Å². The van der Waals surface area contributed by atoms with Gasteiger partial charge in [-0.1, -0.05) is 45.0 Å². The van der Waals surface area contributed by atoms with Crippen LogP contribution in [-0.4, -0.2) is 31.0 Å². The van der Waals surface area contributed by atoms with E-state index >= 15 is 0 Å². The van der Waals surface area contributed by atoms with Crippen LogP contribution >= 0.6 is 0 Å². The molecule has 1 unspecified atom stereocenters. The predicted molar refractivity (Wildman–Crippen MR) is 111 cm³/mol. The third-order valence-corrected chi connectivity index (χ3v) is 4.61. The molecule has 0 heterocycles. The molecule has 0 saturated heterocycles. The standard InChI is InChI=1S/C23H31FN2O2/c1-6-28-20-13-7-17(8-14-20)16-26(5)21(27)15-25-22(23(2,3)4)18-9-11-19(24)12-10-18/h7-14,22,25H,6,15-16H2,1-5H3. The van der Waals surface area contributed by atoms with E-state index in [1.165, 1.54) is 12.1 Å². The van der Waals surface area contributed by atoms with Crippen LogP contribution in [0.4, 0.5) is 4.39 Å². The second-order valence-corrected chi connectivity index (χ2v) is 8.06. The smallest absolute Gasteiger partial charge is 0.236 e. The minimum absolute atomic E-state index is 0.00486. The fourth-order valence-electron chi connectivity index (χ4n) is 3.12. The molecule has 2 aromatic rings. The zero-order valence-electron chi connectivity index (χ0n) is 17.5. The van der Waals surface area contributed by atoms with Crippen LogP contribution in [0, 0.1) is 11.2 Å². The molecule has 0 bridgehead atoms. The Bertz CT molecular complexity index is 752. The highest BCUT2D eigenvalue weighted by atomic mass is 19.1. The van der Waals surface area contributed by atoms with Gasteiger partial charge in [-0.3, -0.25) is 4.79 Å². The molecular weight excluding hydrogens is 355 g/mol. The van der Waals surface area contributed by atoms with E-state index in [2.05, 4.69) is 26.1 Å². The Hall–Kier alpha value is -2.40. The highest BCUT2D eigenvalue weighted by Crippen LogP contribution is 2.32. The fraction of sp³-hybridized carbons (Fsp3) is 0.435. The predicted octanol–water partition coefficient (Wildman–Crippen LogP) is 4.56. The molecule has 0 fully saturated rings. The van der Waals surface area contributed by atoms with E-state index in [1.807, 2.05) is 31.2 Å². The fourth-order valence-corrected chi connectivity index (χ4v) is 3.12. The molecule has 0 saturated carbocycles. The van der Waals surface area contributed by atoms with Crippen molar-refractivity contribution in [1.29, 1.82) is 0 Å². The maximum absolute atomic E-state index is 13.3. The number of amides is 1. The summed E-state index contributed by atoms with van der Waals surface area (Å²) in [7, 11) is 1.80. The van der Waals surface area contributed by atoms with Crippen LogP contribution in [0.2, 0.25) is 0 Å². The Morgan fingerprint density at radius 3 is 2.25 bits per heavy atom. The summed E-state index contributed by atoms with van der Waals surface area (Å²) in [4.78, 5) is 14.3. The first-order chi connectivity index (χ1) is 13.2. The summed E-state index contributed by atoms with van der Waals surface area (Å²) in [6.45, 7) is 9.62. The minimum atomic E-state index is -0.262. The van der Waals surface area contributed by atoms with Gasteiger partial charge < -0.3 is 15.0 Å². The number of hydrogen-bond donors (Lipinski definition) is 1. The van der Waals surface area contributed by atoms with Crippen LogP contribution < -0.4 is 10.1 Å². The highest BCUT2D eigenvalue weighted by Gasteiger charge is 2.27. The van der Waals surface area contributed by atoms with Gasteiger partial charge in [-0.05, 0) is 47.7 Å². The summed E-state index contributed by atoms with van der Waals surface area (Å²) in [5.41, 5.74) is 1.90. The molecule has 0 spiro atoms. The monoisotopic (exact) mass is 386 g/mol. The van der Waals surface area contributed by atoms with Crippen LogP contribution in [0.1, 0.15) is 44.9 Å². The molecule has 2 rings (SSSR count). The minimum Gasteiger partial charge on any atom is -0.494 e. The third-order valence-electron chi connectivity index (χ3n) is 4.61. The average molecular weight is 387 g/mol. The Balaban J connectivity index is 1.96. The van der Waals surface area contributed by atoms with E-state index in [4.69, 9.17) is 4.74 Å². The molecule has 152 valence electrons. The number of halogens is 1. The molecule has 0 radical (unpaired) electrons. The van der Waals surface area contributed by atoms with Crippen molar-refractivity contribution in [2.24, 2.45) is 5.41 Å². The summed E-state index contributed by atoms with van der Waals surface area (Å²) in [6, 6.07) is 14.2. The Kier molecular flexibility index (Phi) is 7.58. The molecule has 5 heteroatoms. The molecule has 1 N–H and O–H groups in total. The maximum atomic E-state index is 13.3. The molecule has 1 amide bonds. The van der Waals surface area contributed by atoms with Crippen molar-refractivity contribution in [3.05, 3.63) is 65.5 Å². The Labute approximate surface area is 167 Å². The number of nitrogens with zero attached hydrogens (tertiary/aromatic N) is 1. The zero-order chi connectivity index (χ0) is 20.7. The first-order valence-electron chi connectivity index (χ1n) is 9.65. The molecular formula is C23H31FN2O2. The first-order valence-corrected chi connectivity index (χ1v) is 9.65. The first kappa shape index (κ1) is 21.9. The average Bonchev–Trinajstić information content (AvgIpc) is 2.64. The lowest BCUT2D eigenvalue weighted by Crippen LogP contribution is -2.40. The van der Waals surface area contributed by atoms with E-state index in [0.717, 1.165) is 16.9 Å². The van der Waals surface area contributed by atoms with Crippen molar-refractivity contribution in [3.8, 4) is 5.75 Å². The number of likely N-dealkylation sites (N-methyl/N-ethyl adjacent to an activating group) is 1. The number of carbonyl (C=O) groups excluding carboxylic acids is 1. The Morgan fingerprint density at radius 1 is 1.11 bits per heavy atom. The van der Waals surface area contributed by atoms with Crippen molar-refractivity contribution in [1.82, 2.24) is 10.2 Å². The van der Waals surface area contributed by atoms with Crippen LogP contribution in [0.25, 0.3) is 0 Å². The largest absolute Gasteiger partial charge is 0.494 e. The lowest BCUT2D eigenvalue weighted by atomic mass is 9.82. The van der Waals surface area contributed by atoms with Crippen LogP contribution in [-0.2, 0) is 11.3 Å². The van der Waals surface area contributed by atoms with E-state index in [1.54, 1.807) is 24.1 Å². The van der Waals surface area contributed by atoms with Crippen LogP contribution in [0.3, 0.4) is 0 Å². The second-order valence-electron chi connectivity index (χ2n) is 8.06. The SMILES string of the molecule is CCOc1ccc(CN(C)C(=O)CNC(c2ccc(F)cc2)C(C)(C)C)cc1. The lowest BCUT2D eigenvalue weighted by molar-refractivity contribution is -0.129. The summed E-state index contributed by atoms with van der Waals surface area (Å²) in [5, 5.41) is 3.35. The number of hydrogen-bond acceptors (Lipinski definition) is 3. The van der Waals surface area contributed by atoms with Gasteiger partial charge in [-0.15, -0.1) is 0 Å². The van der Waals surface area contributed by atoms with Crippen molar-refractivity contribution >= 4 is 5.91 Å². The van der Waals surface area contributed by atoms with Gasteiger partial charge in [-0.2, -0.15) is 0 Å². The van der Waals surface area contributed by atoms with Gasteiger partial charge in [0.05, 0.1) is 13.2 Å². The molecule has 4 nitrogen and oxygen atoms in total. The molecule has 28 heavy (non-hydrogen) atoms. The normalized spacial score (nSPS) is 12.5. The van der Waals surface area contributed by atoms with Crippen molar-refractivity contribution < 1.29 is 13.9 Å². The zero-order valence-corrected chi connectivity index (χ0v) is 17.5. The van der Waals surface area contributed by atoms with Crippen molar-refractivity contribution in [3.63, 3.8) is 0 Å². The number of ether oxygens (including phenoxy) is 1. The van der Waals surface area contributed by atoms with Gasteiger partial charge in [-0.25, -0.2) is 4.39 Å². The van der Waals surface area contributed by atoms with Crippen LogP contribution in [0.5, 0.6) is 5.75 Å². The summed E-state index contributed by atoms with van der Waals surface area (Å²) in [6.07, 6.45) is 0. The van der Waals surface area contributed by atoms with Gasteiger partial charge in [0.2, 0.25) is 5.91 Å². The number of benzene rings is 2. The van der Waals surface area contributed by atoms with Crippen molar-refractivity contribution in [2.75, 3.05) is 20.2 Å². The maximum Gasteiger partial charge on any atom is 0.236 e. The summed E-state index contributed by atoms with van der Waals surface area (Å²) >= 11 is 0. The lowest BCUT2D eigenvalue weighted by Gasteiger charge is -2.32. The van der Waals surface area contributed by atoms with Gasteiger partial charge in [0.25, 0.3) is 0 Å². The van der Waals surface area contributed by atoms with Crippen molar-refractivity contribution in [2.45, 2.75) is 40.3 Å². The molecule has 0 aliphatic rings. The molecule has 1 atom stereocenters. The van der Waals surface area contributed by atoms with Gasteiger partial charge in [0, 0.05) is 19.6 Å². The van der Waals surface area contributed by atoms with E-state index in [9.17, 15) is 9.18 Å². The molecule has 2 aromatic carbocycles. The quantitative estimate of drug-likeness (QED) is 0.723. The van der Waals surface area contributed by atoms with E-state index in [-0.39, 0.29) is 29.7 Å². The Morgan fingerprint density at radius 2 is 1.71 bits per heavy atom. The molecule has 0 aliphatic heterocycles. The summed E-state index contributed by atoms with van der Waals surface area (Å²) in [5.74, 6) is 0.571. The van der Waals surface area contributed by atoms with Crippen LogP contribution in [0.15, 0.2) is 48.5 Å².